The molecule has 0 aromatic carbocycles. The standard InChI is InChI=1S/C39H72N2O5SSi2/c1-27(23-24-33(45-48(16,17)37(6,7)8)29(3)25-32-26-47-31(5)40-32)21-20-22-28(2)34(46-49(18,19)38(9,10)11)30(4)35(42)39(12,13)36(43)41(14)44-15/h23,25-26,28,30,33-34H,20-22,24H2,1-19H3/b27-23-,29-25+/t28-,30+,33-,34-/m0/s1. The molecular weight excluding hydrogens is 665 g/mol. The summed E-state index contributed by atoms with van der Waals surface area (Å²) in [6.07, 6.45) is 7.92. The molecule has 0 spiro atoms. The van der Waals surface area contributed by atoms with Crippen molar-refractivity contribution in [3.05, 3.63) is 33.3 Å². The largest absolute Gasteiger partial charge is 0.413 e. The van der Waals surface area contributed by atoms with E-state index >= 15 is 0 Å². The van der Waals surface area contributed by atoms with E-state index < -0.39 is 28.0 Å². The van der Waals surface area contributed by atoms with Crippen LogP contribution in [0, 0.1) is 24.2 Å². The van der Waals surface area contributed by atoms with Crippen LogP contribution in [0.5, 0.6) is 0 Å². The van der Waals surface area contributed by atoms with E-state index in [1.807, 2.05) is 13.8 Å². The Bertz CT molecular complexity index is 1300. The molecule has 0 aliphatic heterocycles. The lowest BCUT2D eigenvalue weighted by Gasteiger charge is -2.43. The van der Waals surface area contributed by atoms with Gasteiger partial charge >= 0.3 is 0 Å². The number of aryl methyl sites for hydroxylation is 1. The van der Waals surface area contributed by atoms with Gasteiger partial charge in [-0.15, -0.1) is 11.3 Å². The van der Waals surface area contributed by atoms with Crippen LogP contribution in [0.3, 0.4) is 0 Å². The predicted molar refractivity (Wildman–Crippen MR) is 214 cm³/mol. The quantitative estimate of drug-likeness (QED) is 0.0646. The summed E-state index contributed by atoms with van der Waals surface area (Å²) in [5, 5.41) is 4.42. The van der Waals surface area contributed by atoms with Gasteiger partial charge in [-0.25, -0.2) is 10.0 Å². The Balaban J connectivity index is 3.20. The smallest absolute Gasteiger partial charge is 0.258 e. The lowest BCUT2D eigenvalue weighted by molar-refractivity contribution is -0.181. The average molecular weight is 737 g/mol. The molecule has 0 fully saturated rings. The second kappa shape index (κ2) is 17.9. The fourth-order valence-electron chi connectivity index (χ4n) is 5.44. The SMILES string of the molecule is CON(C)C(=O)C(C)(C)C(=O)[C@H](C)[C@@H](O[Si](C)(C)C(C)(C)C)[C@@H](C)CCC/C(C)=C\C[C@H](O[Si](C)(C)C(C)(C)C)/C(C)=C/c1csc(C)n1. The molecule has 0 bridgehead atoms. The van der Waals surface area contributed by atoms with Gasteiger partial charge in [-0.05, 0) is 114 Å². The molecule has 1 heterocycles. The van der Waals surface area contributed by atoms with Crippen molar-refractivity contribution >= 4 is 45.7 Å². The summed E-state index contributed by atoms with van der Waals surface area (Å²) in [5.41, 5.74) is 2.31. The maximum absolute atomic E-state index is 14.0. The van der Waals surface area contributed by atoms with E-state index in [9.17, 15) is 9.59 Å². The van der Waals surface area contributed by atoms with Crippen molar-refractivity contribution in [2.75, 3.05) is 14.2 Å². The first kappa shape index (κ1) is 45.6. The summed E-state index contributed by atoms with van der Waals surface area (Å²) in [6.45, 7) is 36.6. The van der Waals surface area contributed by atoms with Gasteiger partial charge in [0.05, 0.1) is 30.0 Å². The van der Waals surface area contributed by atoms with Gasteiger partial charge in [-0.3, -0.25) is 14.4 Å². The van der Waals surface area contributed by atoms with Gasteiger partial charge in [0.2, 0.25) is 0 Å². The van der Waals surface area contributed by atoms with Crippen LogP contribution in [0.4, 0.5) is 0 Å². The number of nitrogens with zero attached hydrogens (tertiary/aromatic N) is 2. The number of aromatic nitrogens is 1. The first-order chi connectivity index (χ1) is 22.1. The van der Waals surface area contributed by atoms with Crippen molar-refractivity contribution in [2.45, 2.75) is 164 Å². The Morgan fingerprint density at radius 1 is 0.959 bits per heavy atom. The second-order valence-electron chi connectivity index (χ2n) is 17.8. The topological polar surface area (TPSA) is 78.0 Å². The maximum Gasteiger partial charge on any atom is 0.258 e. The van der Waals surface area contributed by atoms with Gasteiger partial charge in [0, 0.05) is 18.3 Å². The number of hydrogen-bond acceptors (Lipinski definition) is 7. The Hall–Kier alpha value is -1.44. The van der Waals surface area contributed by atoms with Crippen LogP contribution < -0.4 is 0 Å². The van der Waals surface area contributed by atoms with Crippen molar-refractivity contribution in [1.29, 1.82) is 0 Å². The van der Waals surface area contributed by atoms with Crippen LogP contribution in [0.1, 0.15) is 119 Å². The molecule has 49 heavy (non-hydrogen) atoms. The number of carbonyl (C=O) groups excluding carboxylic acids is 2. The molecule has 0 radical (unpaired) electrons. The summed E-state index contributed by atoms with van der Waals surface area (Å²) < 4.78 is 14.0. The van der Waals surface area contributed by atoms with Crippen molar-refractivity contribution < 1.29 is 23.3 Å². The van der Waals surface area contributed by atoms with Crippen LogP contribution >= 0.6 is 11.3 Å². The van der Waals surface area contributed by atoms with E-state index in [4.69, 9.17) is 13.7 Å². The lowest BCUT2D eigenvalue weighted by Crippen LogP contribution is -2.52. The van der Waals surface area contributed by atoms with Crippen molar-refractivity contribution in [1.82, 2.24) is 10.0 Å². The summed E-state index contributed by atoms with van der Waals surface area (Å²) >= 11 is 1.67. The molecule has 1 rings (SSSR count). The zero-order valence-electron chi connectivity index (χ0n) is 34.7. The molecule has 10 heteroatoms. The summed E-state index contributed by atoms with van der Waals surface area (Å²) in [6, 6.07) is 0. The molecule has 1 amide bonds. The van der Waals surface area contributed by atoms with Gasteiger partial charge in [0.15, 0.2) is 22.4 Å². The summed E-state index contributed by atoms with van der Waals surface area (Å²) in [7, 11) is -1.24. The molecule has 1 aromatic rings. The van der Waals surface area contributed by atoms with Gasteiger partial charge in [0.1, 0.15) is 5.41 Å². The fraction of sp³-hybridized carbons (Fsp3) is 0.769. The average Bonchev–Trinajstić information content (AvgIpc) is 3.38. The predicted octanol–water partition coefficient (Wildman–Crippen LogP) is 11.0. The van der Waals surface area contributed by atoms with Crippen molar-refractivity contribution in [2.24, 2.45) is 17.3 Å². The second-order valence-corrected chi connectivity index (χ2v) is 28.4. The van der Waals surface area contributed by atoms with E-state index in [2.05, 4.69) is 111 Å². The van der Waals surface area contributed by atoms with Gasteiger partial charge in [-0.1, -0.05) is 67.0 Å². The molecule has 0 unspecified atom stereocenters. The highest BCUT2D eigenvalue weighted by atomic mass is 32.1. The fourth-order valence-corrected chi connectivity index (χ4v) is 8.83. The van der Waals surface area contributed by atoms with Crippen molar-refractivity contribution in [3.8, 4) is 0 Å². The highest BCUT2D eigenvalue weighted by Gasteiger charge is 2.47. The number of ketones is 1. The van der Waals surface area contributed by atoms with Gasteiger partial charge < -0.3 is 8.85 Å². The molecule has 4 atom stereocenters. The number of rotatable bonds is 18. The Morgan fingerprint density at radius 3 is 1.96 bits per heavy atom. The molecule has 0 saturated heterocycles. The van der Waals surface area contributed by atoms with E-state index in [0.29, 0.717) is 0 Å². The van der Waals surface area contributed by atoms with Gasteiger partial charge in [-0.2, -0.15) is 0 Å². The monoisotopic (exact) mass is 736 g/mol. The number of carbonyl (C=O) groups is 2. The molecule has 1 aromatic heterocycles. The third kappa shape index (κ3) is 12.9. The third-order valence-electron chi connectivity index (χ3n) is 11.1. The molecule has 0 aliphatic rings. The highest BCUT2D eigenvalue weighted by molar-refractivity contribution is 7.09. The highest BCUT2D eigenvalue weighted by Crippen LogP contribution is 2.41. The maximum atomic E-state index is 14.0. The van der Waals surface area contributed by atoms with Crippen LogP contribution in [-0.2, 0) is 23.3 Å². The minimum absolute atomic E-state index is 0.00535. The number of hydroxylamine groups is 2. The third-order valence-corrected chi connectivity index (χ3v) is 20.8. The lowest BCUT2D eigenvalue weighted by atomic mass is 9.76. The molecule has 0 saturated carbocycles. The van der Waals surface area contributed by atoms with E-state index in [1.165, 1.54) is 18.3 Å². The van der Waals surface area contributed by atoms with E-state index in [-0.39, 0.29) is 39.9 Å². The Labute approximate surface area is 306 Å². The molecule has 7 nitrogen and oxygen atoms in total. The first-order valence-electron chi connectivity index (χ1n) is 18.1. The van der Waals surface area contributed by atoms with E-state index in [0.717, 1.165) is 41.4 Å². The molecule has 0 N–H and O–H groups in total. The van der Waals surface area contributed by atoms with Crippen LogP contribution in [-0.4, -0.2) is 64.7 Å². The molecule has 0 aliphatic carbocycles. The molecule has 282 valence electrons. The Kier molecular flexibility index (Phi) is 16.6. The summed E-state index contributed by atoms with van der Waals surface area (Å²) in [4.78, 5) is 36.9. The number of Topliss-reactive ketones (excluding diaryl/α,β-unsaturated/α-hetero) is 1. The zero-order valence-corrected chi connectivity index (χ0v) is 37.5. The van der Waals surface area contributed by atoms with Crippen LogP contribution in [0.15, 0.2) is 22.6 Å². The normalized spacial score (nSPS) is 16.7. The van der Waals surface area contributed by atoms with Gasteiger partial charge in [0.25, 0.3) is 5.91 Å². The summed E-state index contributed by atoms with van der Waals surface area (Å²) in [5.74, 6) is -0.783. The van der Waals surface area contributed by atoms with Crippen LogP contribution in [0.2, 0.25) is 36.3 Å². The zero-order chi connectivity index (χ0) is 38.3. The number of allylic oxidation sites excluding steroid dienone is 1. The van der Waals surface area contributed by atoms with Crippen molar-refractivity contribution in [3.63, 3.8) is 0 Å². The van der Waals surface area contributed by atoms with E-state index in [1.54, 1.807) is 32.2 Å². The van der Waals surface area contributed by atoms with Crippen LogP contribution in [0.25, 0.3) is 6.08 Å². The first-order valence-corrected chi connectivity index (χ1v) is 24.8. The minimum Gasteiger partial charge on any atom is -0.413 e. The molecular formula is C39H72N2O5SSi2. The Morgan fingerprint density at radius 2 is 1.49 bits per heavy atom. The minimum atomic E-state index is -2.22. The number of thiazole rings is 1. The number of hydrogen-bond donors (Lipinski definition) is 0. The number of amides is 1.